The van der Waals surface area contributed by atoms with Gasteiger partial charge in [0, 0.05) is 0 Å². The van der Waals surface area contributed by atoms with Crippen molar-refractivity contribution < 1.29 is 19.0 Å². The van der Waals surface area contributed by atoms with Crippen molar-refractivity contribution in [3.8, 4) is 11.5 Å². The van der Waals surface area contributed by atoms with Crippen LogP contribution in [0.25, 0.3) is 0 Å². The standard InChI is InChI=1S/C15H22O4/c1-11(2)7-6-10-19-15(16)14-12(17-3)8-5-9-13(14)18-4/h5,8-9,11H,6-7,10H2,1-4H3. The lowest BCUT2D eigenvalue weighted by molar-refractivity contribution is 0.0487. The van der Waals surface area contributed by atoms with E-state index in [4.69, 9.17) is 14.2 Å². The van der Waals surface area contributed by atoms with Gasteiger partial charge in [0.1, 0.15) is 17.1 Å². The minimum Gasteiger partial charge on any atom is -0.496 e. The Morgan fingerprint density at radius 3 is 2.21 bits per heavy atom. The molecule has 0 atom stereocenters. The third kappa shape index (κ3) is 4.47. The summed E-state index contributed by atoms with van der Waals surface area (Å²) in [7, 11) is 3.04. The molecule has 0 amide bonds. The minimum absolute atomic E-state index is 0.344. The normalized spacial score (nSPS) is 10.4. The van der Waals surface area contributed by atoms with E-state index in [0.717, 1.165) is 12.8 Å². The van der Waals surface area contributed by atoms with Crippen LogP contribution >= 0.6 is 0 Å². The van der Waals surface area contributed by atoms with Crippen LogP contribution in [0.1, 0.15) is 37.0 Å². The number of hydrogen-bond donors (Lipinski definition) is 0. The fraction of sp³-hybridized carbons (Fsp3) is 0.533. The lowest BCUT2D eigenvalue weighted by Gasteiger charge is -2.12. The van der Waals surface area contributed by atoms with Gasteiger partial charge in [-0.2, -0.15) is 0 Å². The van der Waals surface area contributed by atoms with E-state index in [9.17, 15) is 4.79 Å². The van der Waals surface area contributed by atoms with E-state index < -0.39 is 5.97 Å². The fourth-order valence-electron chi connectivity index (χ4n) is 1.78. The molecule has 4 nitrogen and oxygen atoms in total. The first-order valence-electron chi connectivity index (χ1n) is 6.48. The van der Waals surface area contributed by atoms with Crippen LogP contribution in [0.4, 0.5) is 0 Å². The number of rotatable bonds is 7. The Labute approximate surface area is 114 Å². The molecule has 0 spiro atoms. The van der Waals surface area contributed by atoms with Crippen LogP contribution in [-0.2, 0) is 4.74 Å². The maximum atomic E-state index is 12.1. The molecule has 0 fully saturated rings. The van der Waals surface area contributed by atoms with Crippen LogP contribution in [0.15, 0.2) is 18.2 Å². The summed E-state index contributed by atoms with van der Waals surface area (Å²) >= 11 is 0. The van der Waals surface area contributed by atoms with Gasteiger partial charge in [0.2, 0.25) is 0 Å². The van der Waals surface area contributed by atoms with E-state index in [-0.39, 0.29) is 0 Å². The Kier molecular flexibility index (Phi) is 6.19. The molecular formula is C15H22O4. The van der Waals surface area contributed by atoms with E-state index in [1.807, 2.05) is 0 Å². The van der Waals surface area contributed by atoms with Gasteiger partial charge in [0.25, 0.3) is 0 Å². The van der Waals surface area contributed by atoms with Gasteiger partial charge in [0.15, 0.2) is 0 Å². The zero-order valence-electron chi connectivity index (χ0n) is 12.1. The van der Waals surface area contributed by atoms with Gasteiger partial charge in [-0.3, -0.25) is 0 Å². The number of hydrogen-bond acceptors (Lipinski definition) is 4. The summed E-state index contributed by atoms with van der Waals surface area (Å²) in [6, 6.07) is 5.20. The largest absolute Gasteiger partial charge is 0.496 e. The quantitative estimate of drug-likeness (QED) is 0.561. The first-order chi connectivity index (χ1) is 9.10. The van der Waals surface area contributed by atoms with Gasteiger partial charge in [-0.15, -0.1) is 0 Å². The zero-order valence-corrected chi connectivity index (χ0v) is 12.1. The van der Waals surface area contributed by atoms with Crippen molar-refractivity contribution >= 4 is 5.97 Å². The number of carbonyl (C=O) groups excluding carboxylic acids is 1. The fourth-order valence-corrected chi connectivity index (χ4v) is 1.78. The van der Waals surface area contributed by atoms with Crippen molar-refractivity contribution in [2.45, 2.75) is 26.7 Å². The molecule has 19 heavy (non-hydrogen) atoms. The second-order valence-electron chi connectivity index (χ2n) is 4.71. The highest BCUT2D eigenvalue weighted by Crippen LogP contribution is 2.28. The van der Waals surface area contributed by atoms with E-state index in [2.05, 4.69) is 13.8 Å². The molecule has 0 unspecified atom stereocenters. The molecule has 106 valence electrons. The maximum Gasteiger partial charge on any atom is 0.345 e. The molecule has 0 saturated carbocycles. The third-order valence-corrected chi connectivity index (χ3v) is 2.79. The predicted octanol–water partition coefficient (Wildman–Crippen LogP) is 3.30. The smallest absolute Gasteiger partial charge is 0.345 e. The zero-order chi connectivity index (χ0) is 14.3. The van der Waals surface area contributed by atoms with Crippen LogP contribution in [0, 0.1) is 5.92 Å². The Morgan fingerprint density at radius 1 is 1.16 bits per heavy atom. The number of ether oxygens (including phenoxy) is 3. The average Bonchev–Trinajstić information content (AvgIpc) is 2.42. The molecule has 1 aromatic rings. The molecular weight excluding hydrogens is 244 g/mol. The Balaban J connectivity index is 2.70. The topological polar surface area (TPSA) is 44.8 Å². The SMILES string of the molecule is COc1cccc(OC)c1C(=O)OCCCC(C)C. The molecule has 0 aliphatic carbocycles. The number of esters is 1. The summed E-state index contributed by atoms with van der Waals surface area (Å²) in [5.74, 6) is 1.14. The van der Waals surface area contributed by atoms with Gasteiger partial charge in [-0.1, -0.05) is 19.9 Å². The molecule has 0 aliphatic rings. The van der Waals surface area contributed by atoms with E-state index in [1.54, 1.807) is 18.2 Å². The molecule has 1 aromatic carbocycles. The Morgan fingerprint density at radius 2 is 1.74 bits per heavy atom. The molecule has 1 rings (SSSR count). The molecule has 0 saturated heterocycles. The van der Waals surface area contributed by atoms with Crippen molar-refractivity contribution in [2.75, 3.05) is 20.8 Å². The van der Waals surface area contributed by atoms with E-state index >= 15 is 0 Å². The highest BCUT2D eigenvalue weighted by atomic mass is 16.5. The molecule has 0 aromatic heterocycles. The summed E-state index contributed by atoms with van der Waals surface area (Å²) in [5, 5.41) is 0. The van der Waals surface area contributed by atoms with Crippen LogP contribution in [0.2, 0.25) is 0 Å². The summed E-state index contributed by atoms with van der Waals surface area (Å²) in [4.78, 5) is 12.1. The monoisotopic (exact) mass is 266 g/mol. The summed E-state index contributed by atoms with van der Waals surface area (Å²) < 4.78 is 15.6. The number of carbonyl (C=O) groups is 1. The Bertz CT molecular complexity index is 390. The van der Waals surface area contributed by atoms with Gasteiger partial charge >= 0.3 is 5.97 Å². The average molecular weight is 266 g/mol. The summed E-state index contributed by atoms with van der Waals surface area (Å²) in [6.45, 7) is 4.70. The molecule has 0 radical (unpaired) electrons. The summed E-state index contributed by atoms with van der Waals surface area (Å²) in [5.41, 5.74) is 0.344. The molecule has 0 bridgehead atoms. The molecule has 0 aliphatic heterocycles. The molecule has 0 heterocycles. The van der Waals surface area contributed by atoms with E-state index in [1.165, 1.54) is 14.2 Å². The first kappa shape index (κ1) is 15.3. The Hall–Kier alpha value is -1.71. The van der Waals surface area contributed by atoms with Crippen molar-refractivity contribution in [3.05, 3.63) is 23.8 Å². The second kappa shape index (κ2) is 7.67. The third-order valence-electron chi connectivity index (χ3n) is 2.79. The highest BCUT2D eigenvalue weighted by Gasteiger charge is 2.19. The van der Waals surface area contributed by atoms with Crippen LogP contribution < -0.4 is 9.47 Å². The highest BCUT2D eigenvalue weighted by molar-refractivity contribution is 5.95. The molecule has 4 heteroatoms. The lowest BCUT2D eigenvalue weighted by Crippen LogP contribution is -2.10. The van der Waals surface area contributed by atoms with Crippen LogP contribution in [-0.4, -0.2) is 26.8 Å². The van der Waals surface area contributed by atoms with Gasteiger partial charge in [0.05, 0.1) is 20.8 Å². The molecule has 0 N–H and O–H groups in total. The summed E-state index contributed by atoms with van der Waals surface area (Å²) in [6.07, 6.45) is 1.90. The maximum absolute atomic E-state index is 12.1. The van der Waals surface area contributed by atoms with Crippen molar-refractivity contribution in [3.63, 3.8) is 0 Å². The van der Waals surface area contributed by atoms with Gasteiger partial charge < -0.3 is 14.2 Å². The van der Waals surface area contributed by atoms with Crippen molar-refractivity contribution in [2.24, 2.45) is 5.92 Å². The second-order valence-corrected chi connectivity index (χ2v) is 4.71. The predicted molar refractivity (Wildman–Crippen MR) is 73.9 cm³/mol. The number of methoxy groups -OCH3 is 2. The minimum atomic E-state index is -0.405. The van der Waals surface area contributed by atoms with Crippen LogP contribution in [0.3, 0.4) is 0 Å². The van der Waals surface area contributed by atoms with E-state index in [0.29, 0.717) is 29.6 Å². The first-order valence-corrected chi connectivity index (χ1v) is 6.48. The van der Waals surface area contributed by atoms with Gasteiger partial charge in [-0.25, -0.2) is 4.79 Å². The lowest BCUT2D eigenvalue weighted by atomic mass is 10.1. The van der Waals surface area contributed by atoms with Crippen molar-refractivity contribution in [1.29, 1.82) is 0 Å². The number of benzene rings is 1. The van der Waals surface area contributed by atoms with Crippen LogP contribution in [0.5, 0.6) is 11.5 Å². The van der Waals surface area contributed by atoms with Crippen molar-refractivity contribution in [1.82, 2.24) is 0 Å². The van der Waals surface area contributed by atoms with Gasteiger partial charge in [-0.05, 0) is 30.9 Å².